The summed E-state index contributed by atoms with van der Waals surface area (Å²) in [6.45, 7) is 3.03. The molecule has 6 heteroatoms. The summed E-state index contributed by atoms with van der Waals surface area (Å²) in [6, 6.07) is 2.18. The number of rotatable bonds is 4. The van der Waals surface area contributed by atoms with Gasteiger partial charge in [-0.1, -0.05) is 18.5 Å². The minimum Gasteiger partial charge on any atom is -0.383 e. The van der Waals surface area contributed by atoms with E-state index in [0.717, 1.165) is 17.9 Å². The van der Waals surface area contributed by atoms with E-state index >= 15 is 0 Å². The molecule has 1 aromatic rings. The van der Waals surface area contributed by atoms with Crippen molar-refractivity contribution >= 4 is 40.9 Å². The lowest BCUT2D eigenvalue weighted by Gasteiger charge is -2.30. The lowest BCUT2D eigenvalue weighted by atomic mass is 10.0. The van der Waals surface area contributed by atoms with E-state index in [4.69, 9.17) is 17.3 Å². The minimum absolute atomic E-state index is 0.235. The van der Waals surface area contributed by atoms with E-state index in [-0.39, 0.29) is 6.04 Å². The Bertz CT molecular complexity index is 397. The van der Waals surface area contributed by atoms with Gasteiger partial charge in [-0.15, -0.1) is 0 Å². The zero-order valence-corrected chi connectivity index (χ0v) is 12.7. The Hall–Kier alpha value is -0.100. The molecule has 100 valence electrons. The lowest BCUT2D eigenvalue weighted by Crippen LogP contribution is -2.34. The van der Waals surface area contributed by atoms with Crippen LogP contribution in [0.1, 0.15) is 18.5 Å². The Morgan fingerprint density at radius 2 is 2.44 bits per heavy atom. The molecule has 2 unspecified atom stereocenters. The molecule has 2 heterocycles. The van der Waals surface area contributed by atoms with Crippen LogP contribution in [0.5, 0.6) is 0 Å². The number of nitrogen functional groups attached to an aromatic ring is 1. The van der Waals surface area contributed by atoms with Crippen LogP contribution >= 0.6 is 35.1 Å². The number of nitrogens with one attached hydrogen (secondary N) is 1. The average molecular weight is 304 g/mol. The van der Waals surface area contributed by atoms with Crippen molar-refractivity contribution in [1.29, 1.82) is 0 Å². The first-order valence-electron chi connectivity index (χ1n) is 6.06. The SMILES string of the molecule is CCNC(c1cc(Cl)cnc1N)C1CSCCS1. The number of nitrogens with two attached hydrogens (primary N) is 1. The van der Waals surface area contributed by atoms with Gasteiger partial charge in [0.1, 0.15) is 5.82 Å². The first kappa shape index (κ1) is 14.3. The van der Waals surface area contributed by atoms with Crippen molar-refractivity contribution in [2.45, 2.75) is 18.2 Å². The molecule has 1 aliphatic rings. The van der Waals surface area contributed by atoms with E-state index < -0.39 is 0 Å². The summed E-state index contributed by atoms with van der Waals surface area (Å²) >= 11 is 10.1. The molecule has 1 aromatic heterocycles. The molecule has 1 fully saturated rings. The summed E-state index contributed by atoms with van der Waals surface area (Å²) in [5, 5.41) is 4.71. The topological polar surface area (TPSA) is 50.9 Å². The largest absolute Gasteiger partial charge is 0.383 e. The number of halogens is 1. The predicted octanol–water partition coefficient (Wildman–Crippen LogP) is 2.82. The summed E-state index contributed by atoms with van der Waals surface area (Å²) in [4.78, 5) is 4.17. The van der Waals surface area contributed by atoms with E-state index in [1.54, 1.807) is 6.20 Å². The van der Waals surface area contributed by atoms with Gasteiger partial charge in [0.15, 0.2) is 0 Å². The number of hydrogen-bond acceptors (Lipinski definition) is 5. The Morgan fingerprint density at radius 3 is 3.11 bits per heavy atom. The highest BCUT2D eigenvalue weighted by Gasteiger charge is 2.27. The predicted molar refractivity (Wildman–Crippen MR) is 83.6 cm³/mol. The molecule has 0 spiro atoms. The zero-order chi connectivity index (χ0) is 13.0. The first-order valence-corrected chi connectivity index (χ1v) is 8.64. The van der Waals surface area contributed by atoms with Crippen LogP contribution in [0, 0.1) is 0 Å². The number of aromatic nitrogens is 1. The van der Waals surface area contributed by atoms with Crippen LogP contribution in [-0.2, 0) is 0 Å². The number of thioether (sulfide) groups is 2. The van der Waals surface area contributed by atoms with Crippen LogP contribution < -0.4 is 11.1 Å². The summed E-state index contributed by atoms with van der Waals surface area (Å²) in [5.41, 5.74) is 7.03. The molecular weight excluding hydrogens is 286 g/mol. The normalized spacial score (nSPS) is 21.8. The summed E-state index contributed by atoms with van der Waals surface area (Å²) in [5.74, 6) is 4.17. The molecular formula is C12H18ClN3S2. The van der Waals surface area contributed by atoms with Crippen LogP contribution in [0.2, 0.25) is 5.02 Å². The number of anilines is 1. The van der Waals surface area contributed by atoms with E-state index in [2.05, 4.69) is 17.2 Å². The molecule has 1 aliphatic heterocycles. The van der Waals surface area contributed by atoms with Gasteiger partial charge in [0.25, 0.3) is 0 Å². The third-order valence-corrected chi connectivity index (χ3v) is 5.96. The standard InChI is InChI=1S/C12H18ClN3S2/c1-2-15-11(10-7-17-3-4-18-10)9-5-8(13)6-16-12(9)14/h5-6,10-11,15H,2-4,7H2,1H3,(H2,14,16). The molecule has 2 atom stereocenters. The van der Waals surface area contributed by atoms with Crippen LogP contribution in [-0.4, -0.2) is 34.0 Å². The van der Waals surface area contributed by atoms with Crippen molar-refractivity contribution in [3.05, 3.63) is 22.8 Å². The van der Waals surface area contributed by atoms with Gasteiger partial charge in [-0.05, 0) is 12.6 Å². The van der Waals surface area contributed by atoms with Crippen molar-refractivity contribution in [3.8, 4) is 0 Å². The highest BCUT2D eigenvalue weighted by atomic mass is 35.5. The average Bonchev–Trinajstić information content (AvgIpc) is 2.40. The van der Waals surface area contributed by atoms with Gasteiger partial charge in [-0.3, -0.25) is 0 Å². The fraction of sp³-hybridized carbons (Fsp3) is 0.583. The number of pyridine rings is 1. The van der Waals surface area contributed by atoms with Crippen molar-refractivity contribution < 1.29 is 0 Å². The Morgan fingerprint density at radius 1 is 1.61 bits per heavy atom. The molecule has 0 saturated carbocycles. The van der Waals surface area contributed by atoms with Gasteiger partial charge >= 0.3 is 0 Å². The maximum absolute atomic E-state index is 6.04. The van der Waals surface area contributed by atoms with Crippen LogP contribution in [0.3, 0.4) is 0 Å². The number of nitrogens with zero attached hydrogens (tertiary/aromatic N) is 1. The van der Waals surface area contributed by atoms with Crippen LogP contribution in [0.25, 0.3) is 0 Å². The molecule has 3 N–H and O–H groups in total. The van der Waals surface area contributed by atoms with Gasteiger partial charge in [0.05, 0.1) is 5.02 Å². The lowest BCUT2D eigenvalue weighted by molar-refractivity contribution is 0.551. The second-order valence-corrected chi connectivity index (χ2v) is 7.08. The molecule has 18 heavy (non-hydrogen) atoms. The van der Waals surface area contributed by atoms with Gasteiger partial charge < -0.3 is 11.1 Å². The van der Waals surface area contributed by atoms with E-state index in [9.17, 15) is 0 Å². The molecule has 0 aromatic carbocycles. The minimum atomic E-state index is 0.235. The monoisotopic (exact) mass is 303 g/mol. The fourth-order valence-electron chi connectivity index (χ4n) is 2.07. The molecule has 2 rings (SSSR count). The molecule has 3 nitrogen and oxygen atoms in total. The summed E-state index contributed by atoms with van der Waals surface area (Å²) in [6.07, 6.45) is 1.60. The molecule has 0 bridgehead atoms. The maximum atomic E-state index is 6.04. The van der Waals surface area contributed by atoms with E-state index in [0.29, 0.717) is 16.1 Å². The van der Waals surface area contributed by atoms with Crippen molar-refractivity contribution in [1.82, 2.24) is 10.3 Å². The van der Waals surface area contributed by atoms with Gasteiger partial charge in [0.2, 0.25) is 0 Å². The number of hydrogen-bond donors (Lipinski definition) is 2. The Kier molecular flexibility index (Phi) is 5.48. The first-order chi connectivity index (χ1) is 8.72. The molecule has 0 amide bonds. The van der Waals surface area contributed by atoms with Crippen LogP contribution in [0.15, 0.2) is 12.3 Å². The molecule has 0 radical (unpaired) electrons. The zero-order valence-electron chi connectivity index (χ0n) is 10.4. The Labute approximate surface area is 122 Å². The fourth-order valence-corrected chi connectivity index (χ4v) is 5.10. The van der Waals surface area contributed by atoms with Gasteiger partial charge in [-0.25, -0.2) is 4.98 Å². The second kappa shape index (κ2) is 6.89. The van der Waals surface area contributed by atoms with Gasteiger partial charge in [0, 0.05) is 40.3 Å². The molecule has 1 saturated heterocycles. The van der Waals surface area contributed by atoms with Crippen LogP contribution in [0.4, 0.5) is 5.82 Å². The Balaban J connectivity index is 2.24. The summed E-state index contributed by atoms with van der Waals surface area (Å²) in [7, 11) is 0. The van der Waals surface area contributed by atoms with Crippen molar-refractivity contribution in [2.75, 3.05) is 29.5 Å². The highest BCUT2D eigenvalue weighted by molar-refractivity contribution is 8.06. The third-order valence-electron chi connectivity index (χ3n) is 2.89. The second-order valence-electron chi connectivity index (χ2n) is 4.15. The van der Waals surface area contributed by atoms with E-state index in [1.165, 1.54) is 11.5 Å². The maximum Gasteiger partial charge on any atom is 0.128 e. The highest BCUT2D eigenvalue weighted by Crippen LogP contribution is 2.35. The van der Waals surface area contributed by atoms with Crippen molar-refractivity contribution in [3.63, 3.8) is 0 Å². The van der Waals surface area contributed by atoms with Gasteiger partial charge in [-0.2, -0.15) is 23.5 Å². The van der Waals surface area contributed by atoms with E-state index in [1.807, 2.05) is 29.6 Å². The third kappa shape index (κ3) is 3.47. The molecule has 0 aliphatic carbocycles. The summed E-state index contributed by atoms with van der Waals surface area (Å²) < 4.78 is 0. The smallest absolute Gasteiger partial charge is 0.128 e. The van der Waals surface area contributed by atoms with Crippen molar-refractivity contribution in [2.24, 2.45) is 0 Å². The quantitative estimate of drug-likeness (QED) is 0.896.